The number of hydrogen-bond donors (Lipinski definition) is 1. The molecule has 4 aromatic rings. The summed E-state index contributed by atoms with van der Waals surface area (Å²) >= 11 is 0. The van der Waals surface area contributed by atoms with E-state index in [4.69, 9.17) is 4.74 Å². The second-order valence-electron chi connectivity index (χ2n) is 9.04. The molecule has 1 N–H and O–H groups in total. The van der Waals surface area contributed by atoms with E-state index >= 15 is 0 Å². The van der Waals surface area contributed by atoms with E-state index in [0.29, 0.717) is 19.6 Å². The van der Waals surface area contributed by atoms with Crippen LogP contribution in [-0.4, -0.2) is 46.5 Å². The summed E-state index contributed by atoms with van der Waals surface area (Å²) in [5.74, 6) is 0.629. The molecule has 0 radical (unpaired) electrons. The molecular formula is C29H29N5O3. The van der Waals surface area contributed by atoms with Crippen molar-refractivity contribution in [3.8, 4) is 11.4 Å². The monoisotopic (exact) mass is 495 g/mol. The Morgan fingerprint density at radius 3 is 2.43 bits per heavy atom. The third kappa shape index (κ3) is 5.98. The summed E-state index contributed by atoms with van der Waals surface area (Å²) in [5.41, 5.74) is 5.40. The van der Waals surface area contributed by atoms with E-state index < -0.39 is 0 Å². The minimum Gasteiger partial charge on any atom is -0.497 e. The van der Waals surface area contributed by atoms with Crippen LogP contribution >= 0.6 is 0 Å². The number of anilines is 1. The van der Waals surface area contributed by atoms with Gasteiger partial charge in [0.05, 0.1) is 26.5 Å². The van der Waals surface area contributed by atoms with Gasteiger partial charge in [0.2, 0.25) is 11.8 Å². The number of imidazole rings is 1. The molecule has 188 valence electrons. The molecule has 0 atom stereocenters. The molecule has 0 spiro atoms. The van der Waals surface area contributed by atoms with Gasteiger partial charge < -0.3 is 24.4 Å². The first-order valence-electron chi connectivity index (χ1n) is 12.2. The van der Waals surface area contributed by atoms with Crippen molar-refractivity contribution in [3.63, 3.8) is 0 Å². The van der Waals surface area contributed by atoms with Gasteiger partial charge in [-0.3, -0.25) is 9.59 Å². The van der Waals surface area contributed by atoms with Crippen LogP contribution in [0.4, 0.5) is 5.69 Å². The van der Waals surface area contributed by atoms with Crippen LogP contribution in [-0.2, 0) is 29.2 Å². The first-order valence-corrected chi connectivity index (χ1v) is 12.2. The Bertz CT molecular complexity index is 1370. The number of carbonyl (C=O) groups excluding carboxylic acids is 2. The van der Waals surface area contributed by atoms with E-state index in [1.54, 1.807) is 24.5 Å². The Morgan fingerprint density at radius 2 is 1.70 bits per heavy atom. The van der Waals surface area contributed by atoms with Crippen LogP contribution in [0.5, 0.6) is 5.75 Å². The summed E-state index contributed by atoms with van der Waals surface area (Å²) in [6.45, 7) is 1.95. The van der Waals surface area contributed by atoms with Gasteiger partial charge in [0, 0.05) is 43.4 Å². The number of ether oxygens (including phenoxy) is 1. The predicted molar refractivity (Wildman–Crippen MR) is 141 cm³/mol. The zero-order chi connectivity index (χ0) is 25.6. The molecule has 0 aliphatic carbocycles. The lowest BCUT2D eigenvalue weighted by molar-refractivity contribution is -0.141. The highest BCUT2D eigenvalue weighted by Crippen LogP contribution is 2.24. The number of aromatic nitrogens is 2. The van der Waals surface area contributed by atoms with E-state index in [9.17, 15) is 9.59 Å². The summed E-state index contributed by atoms with van der Waals surface area (Å²) < 4.78 is 7.43. The Labute approximate surface area is 216 Å². The fraction of sp³-hybridized carbons (Fsp3) is 0.207. The normalized spacial score (nSPS) is 13.4. The molecule has 0 bridgehead atoms. The fourth-order valence-corrected chi connectivity index (χ4v) is 4.46. The molecule has 2 heterocycles. The third-order valence-electron chi connectivity index (χ3n) is 6.39. The van der Waals surface area contributed by atoms with Crippen LogP contribution in [0.15, 0.2) is 91.5 Å². The van der Waals surface area contributed by atoms with Crippen LogP contribution in [0.25, 0.3) is 5.69 Å². The number of piperazine rings is 1. The molecule has 0 saturated carbocycles. The SMILES string of the molecule is COc1cccc(CN(Cc2cccc(-n3ccnc3)c2)c2ccc(CN3CC(=O)NCC3=O)cc2)c1. The lowest BCUT2D eigenvalue weighted by Gasteiger charge is -2.28. The van der Waals surface area contributed by atoms with Crippen molar-refractivity contribution in [2.75, 3.05) is 25.1 Å². The fourth-order valence-electron chi connectivity index (χ4n) is 4.46. The zero-order valence-corrected chi connectivity index (χ0v) is 20.7. The van der Waals surface area contributed by atoms with Crippen molar-refractivity contribution in [2.45, 2.75) is 19.6 Å². The predicted octanol–water partition coefficient (Wildman–Crippen LogP) is 3.55. The molecule has 3 aromatic carbocycles. The maximum Gasteiger partial charge on any atom is 0.242 e. The number of amides is 2. The molecule has 5 rings (SSSR count). The molecule has 1 fully saturated rings. The van der Waals surface area contributed by atoms with Gasteiger partial charge in [-0.2, -0.15) is 0 Å². The van der Waals surface area contributed by atoms with Crippen LogP contribution in [0.1, 0.15) is 16.7 Å². The molecule has 8 nitrogen and oxygen atoms in total. The van der Waals surface area contributed by atoms with E-state index in [2.05, 4.69) is 63.7 Å². The number of carbonyl (C=O) groups is 2. The van der Waals surface area contributed by atoms with E-state index in [-0.39, 0.29) is 24.9 Å². The largest absolute Gasteiger partial charge is 0.497 e. The summed E-state index contributed by atoms with van der Waals surface area (Å²) in [4.78, 5) is 32.0. The van der Waals surface area contributed by atoms with E-state index in [1.165, 1.54) is 5.56 Å². The lowest BCUT2D eigenvalue weighted by Crippen LogP contribution is -2.50. The quantitative estimate of drug-likeness (QED) is 0.384. The molecule has 1 aliphatic heterocycles. The van der Waals surface area contributed by atoms with Crippen molar-refractivity contribution in [2.24, 2.45) is 0 Å². The average Bonchev–Trinajstić information content (AvgIpc) is 3.47. The van der Waals surface area contributed by atoms with Gasteiger partial charge in [-0.15, -0.1) is 0 Å². The Kier molecular flexibility index (Phi) is 7.16. The maximum absolute atomic E-state index is 12.2. The van der Waals surface area contributed by atoms with Gasteiger partial charge in [0.25, 0.3) is 0 Å². The van der Waals surface area contributed by atoms with Crippen molar-refractivity contribution in [3.05, 3.63) is 108 Å². The lowest BCUT2D eigenvalue weighted by atomic mass is 10.1. The standard InChI is InChI=1S/C29H29N5O3/c1-37-27-7-3-5-24(15-27)19-33(18-23-4-2-6-26(14-23)32-13-12-30-21-32)25-10-8-22(9-11-25)17-34-20-28(35)31-16-29(34)36/h2-15,21H,16-20H2,1H3,(H,31,35). The first kappa shape index (κ1) is 24.1. The Morgan fingerprint density at radius 1 is 0.946 bits per heavy atom. The second kappa shape index (κ2) is 11.0. The topological polar surface area (TPSA) is 79.7 Å². The highest BCUT2D eigenvalue weighted by molar-refractivity contribution is 5.92. The minimum atomic E-state index is -0.126. The molecule has 1 saturated heterocycles. The molecule has 1 aliphatic rings. The maximum atomic E-state index is 12.2. The summed E-state index contributed by atoms with van der Waals surface area (Å²) in [5, 5.41) is 2.59. The highest BCUT2D eigenvalue weighted by atomic mass is 16.5. The Hall–Kier alpha value is -4.59. The summed E-state index contributed by atoms with van der Waals surface area (Å²) in [7, 11) is 1.67. The number of nitrogens with zero attached hydrogens (tertiary/aromatic N) is 4. The number of rotatable bonds is 9. The number of benzene rings is 3. The molecule has 37 heavy (non-hydrogen) atoms. The Balaban J connectivity index is 1.39. The highest BCUT2D eigenvalue weighted by Gasteiger charge is 2.23. The summed E-state index contributed by atoms with van der Waals surface area (Å²) in [6, 6.07) is 24.7. The second-order valence-corrected chi connectivity index (χ2v) is 9.04. The van der Waals surface area contributed by atoms with E-state index in [1.807, 2.05) is 35.0 Å². The number of nitrogens with one attached hydrogen (secondary N) is 1. The van der Waals surface area contributed by atoms with Crippen molar-refractivity contribution in [1.29, 1.82) is 0 Å². The zero-order valence-electron chi connectivity index (χ0n) is 20.7. The van der Waals surface area contributed by atoms with Crippen molar-refractivity contribution in [1.82, 2.24) is 19.8 Å². The third-order valence-corrected chi connectivity index (χ3v) is 6.39. The van der Waals surface area contributed by atoms with Gasteiger partial charge in [0.15, 0.2) is 0 Å². The molecule has 1 aromatic heterocycles. The van der Waals surface area contributed by atoms with Crippen molar-refractivity contribution < 1.29 is 14.3 Å². The van der Waals surface area contributed by atoms with Gasteiger partial charge in [-0.05, 0) is 53.1 Å². The minimum absolute atomic E-state index is 0.0589. The van der Waals surface area contributed by atoms with Crippen LogP contribution in [0.2, 0.25) is 0 Å². The van der Waals surface area contributed by atoms with E-state index in [0.717, 1.165) is 28.3 Å². The smallest absolute Gasteiger partial charge is 0.242 e. The van der Waals surface area contributed by atoms with Gasteiger partial charge in [-0.1, -0.05) is 36.4 Å². The van der Waals surface area contributed by atoms with Crippen LogP contribution in [0, 0.1) is 0 Å². The van der Waals surface area contributed by atoms with Crippen molar-refractivity contribution >= 4 is 17.5 Å². The van der Waals surface area contributed by atoms with Gasteiger partial charge >= 0.3 is 0 Å². The number of hydrogen-bond acceptors (Lipinski definition) is 5. The van der Waals surface area contributed by atoms with Crippen LogP contribution in [0.3, 0.4) is 0 Å². The van der Waals surface area contributed by atoms with Gasteiger partial charge in [0.1, 0.15) is 5.75 Å². The molecular weight excluding hydrogens is 466 g/mol. The van der Waals surface area contributed by atoms with Crippen LogP contribution < -0.4 is 15.0 Å². The molecule has 0 unspecified atom stereocenters. The summed E-state index contributed by atoms with van der Waals surface area (Å²) in [6.07, 6.45) is 5.50. The first-order chi connectivity index (χ1) is 18.1. The van der Waals surface area contributed by atoms with Gasteiger partial charge in [-0.25, -0.2) is 4.98 Å². The molecule has 2 amide bonds. The number of methoxy groups -OCH3 is 1. The average molecular weight is 496 g/mol. The molecule has 8 heteroatoms.